The quantitative estimate of drug-likeness (QED) is 0.863. The zero-order valence-corrected chi connectivity index (χ0v) is 14.3. The van der Waals surface area contributed by atoms with Crippen LogP contribution in [0.2, 0.25) is 0 Å². The predicted octanol–water partition coefficient (Wildman–Crippen LogP) is 3.97. The van der Waals surface area contributed by atoms with Gasteiger partial charge >= 0.3 is 6.09 Å². The number of nitrogens with zero attached hydrogens (tertiary/aromatic N) is 1. The molecule has 1 amide bonds. The summed E-state index contributed by atoms with van der Waals surface area (Å²) >= 11 is 0. The molecule has 1 saturated carbocycles. The summed E-state index contributed by atoms with van der Waals surface area (Å²) in [6.07, 6.45) is 4.84. The summed E-state index contributed by atoms with van der Waals surface area (Å²) in [7, 11) is 0. The van der Waals surface area contributed by atoms with Gasteiger partial charge in [-0.15, -0.1) is 0 Å². The van der Waals surface area contributed by atoms with E-state index in [-0.39, 0.29) is 24.8 Å². The van der Waals surface area contributed by atoms with Crippen molar-refractivity contribution in [2.24, 2.45) is 5.92 Å². The maximum atomic E-state index is 12.5. The highest BCUT2D eigenvalue weighted by Gasteiger charge is 2.31. The first-order valence-electron chi connectivity index (χ1n) is 8.71. The van der Waals surface area contributed by atoms with Gasteiger partial charge in [0, 0.05) is 18.7 Å². The third-order valence-electron chi connectivity index (χ3n) is 4.72. The van der Waals surface area contributed by atoms with Crippen LogP contribution in [0.25, 0.3) is 0 Å². The van der Waals surface area contributed by atoms with Crippen LogP contribution in [0.5, 0.6) is 0 Å². The molecule has 0 unspecified atom stereocenters. The number of hydrogen-bond acceptors (Lipinski definition) is 3. The summed E-state index contributed by atoms with van der Waals surface area (Å²) in [5, 5.41) is 9.06. The minimum absolute atomic E-state index is 0.137. The second-order valence-electron chi connectivity index (χ2n) is 6.73. The first-order chi connectivity index (χ1) is 11.1. The minimum Gasteiger partial charge on any atom is -0.445 e. The fraction of sp³-hybridized carbons (Fsp3) is 0.632. The number of amides is 1. The molecule has 0 saturated heterocycles. The monoisotopic (exact) mass is 319 g/mol. The average molecular weight is 319 g/mol. The van der Waals surface area contributed by atoms with Gasteiger partial charge in [0.2, 0.25) is 0 Å². The molecule has 1 aromatic rings. The van der Waals surface area contributed by atoms with E-state index in [2.05, 4.69) is 0 Å². The summed E-state index contributed by atoms with van der Waals surface area (Å²) in [4.78, 5) is 14.4. The number of hydrogen-bond donors (Lipinski definition) is 1. The van der Waals surface area contributed by atoms with Gasteiger partial charge in [-0.2, -0.15) is 0 Å². The molecule has 0 aromatic heterocycles. The molecule has 1 N–H and O–H groups in total. The lowest BCUT2D eigenvalue weighted by molar-refractivity contribution is 0.0518. The van der Waals surface area contributed by atoms with Gasteiger partial charge in [-0.05, 0) is 57.4 Å². The molecule has 0 bridgehead atoms. The third-order valence-corrected chi connectivity index (χ3v) is 4.72. The molecule has 2 rings (SSSR count). The summed E-state index contributed by atoms with van der Waals surface area (Å²) in [6, 6.07) is 10.2. The molecule has 0 heterocycles. The van der Waals surface area contributed by atoms with Crippen molar-refractivity contribution < 1.29 is 14.6 Å². The summed E-state index contributed by atoms with van der Waals surface area (Å²) < 4.78 is 5.53. The molecular weight excluding hydrogens is 290 g/mol. The van der Waals surface area contributed by atoms with Crippen LogP contribution < -0.4 is 0 Å². The van der Waals surface area contributed by atoms with Crippen molar-refractivity contribution >= 4 is 6.09 Å². The van der Waals surface area contributed by atoms with E-state index in [9.17, 15) is 4.79 Å². The molecule has 1 fully saturated rings. The number of carbonyl (C=O) groups excluding carboxylic acids is 1. The Morgan fingerprint density at radius 3 is 2.43 bits per heavy atom. The van der Waals surface area contributed by atoms with E-state index in [1.165, 1.54) is 0 Å². The molecule has 4 heteroatoms. The number of ether oxygens (including phenoxy) is 1. The zero-order chi connectivity index (χ0) is 16.7. The first kappa shape index (κ1) is 17.8. The fourth-order valence-corrected chi connectivity index (χ4v) is 3.47. The number of aliphatic hydroxyl groups is 1. The van der Waals surface area contributed by atoms with E-state index in [0.29, 0.717) is 12.5 Å². The topological polar surface area (TPSA) is 49.8 Å². The lowest BCUT2D eigenvalue weighted by Gasteiger charge is -2.38. The lowest BCUT2D eigenvalue weighted by atomic mass is 9.83. The molecule has 0 spiro atoms. The van der Waals surface area contributed by atoms with Crippen LogP contribution in [0.1, 0.15) is 51.5 Å². The maximum Gasteiger partial charge on any atom is 0.410 e. The highest BCUT2D eigenvalue weighted by atomic mass is 16.6. The summed E-state index contributed by atoms with van der Waals surface area (Å²) in [5.41, 5.74) is 1.01. The second kappa shape index (κ2) is 8.92. The number of aliphatic hydroxyl groups excluding tert-OH is 1. The van der Waals surface area contributed by atoms with Crippen molar-refractivity contribution in [3.8, 4) is 0 Å². The second-order valence-corrected chi connectivity index (χ2v) is 6.73. The smallest absolute Gasteiger partial charge is 0.410 e. The number of carbonyl (C=O) groups is 1. The van der Waals surface area contributed by atoms with Crippen molar-refractivity contribution in [2.45, 2.75) is 64.6 Å². The van der Waals surface area contributed by atoms with Crippen LogP contribution >= 0.6 is 0 Å². The van der Waals surface area contributed by atoms with E-state index in [1.807, 2.05) is 49.1 Å². The normalized spacial score (nSPS) is 21.2. The fourth-order valence-electron chi connectivity index (χ4n) is 3.47. The molecule has 0 radical (unpaired) electrons. The SMILES string of the molecule is CC(C)N(C(=O)OCc1ccccc1)C1CCC(CCO)CC1. The maximum absolute atomic E-state index is 12.5. The molecular formula is C19H29NO3. The van der Waals surface area contributed by atoms with Crippen molar-refractivity contribution in [2.75, 3.05) is 6.61 Å². The van der Waals surface area contributed by atoms with Crippen LogP contribution in [0.15, 0.2) is 30.3 Å². The molecule has 1 aliphatic rings. The molecule has 1 aromatic carbocycles. The summed E-state index contributed by atoms with van der Waals surface area (Å²) in [6.45, 7) is 4.68. The van der Waals surface area contributed by atoms with Crippen molar-refractivity contribution in [1.29, 1.82) is 0 Å². The Hall–Kier alpha value is -1.55. The van der Waals surface area contributed by atoms with Gasteiger partial charge in [-0.1, -0.05) is 30.3 Å². The highest BCUT2D eigenvalue weighted by molar-refractivity contribution is 5.68. The van der Waals surface area contributed by atoms with Crippen LogP contribution in [-0.2, 0) is 11.3 Å². The first-order valence-corrected chi connectivity index (χ1v) is 8.71. The van der Waals surface area contributed by atoms with E-state index in [1.54, 1.807) is 0 Å². The van der Waals surface area contributed by atoms with Gasteiger partial charge < -0.3 is 14.7 Å². The van der Waals surface area contributed by atoms with E-state index < -0.39 is 0 Å². The highest BCUT2D eigenvalue weighted by Crippen LogP contribution is 2.30. The average Bonchev–Trinajstić information content (AvgIpc) is 2.56. The molecule has 128 valence electrons. The Bertz CT molecular complexity index is 467. The number of rotatable bonds is 6. The number of benzene rings is 1. The standard InChI is InChI=1S/C19H29NO3/c1-15(2)20(18-10-8-16(9-11-18)12-13-21)19(22)23-14-17-6-4-3-5-7-17/h3-7,15-16,18,21H,8-14H2,1-2H3. The van der Waals surface area contributed by atoms with Crippen LogP contribution in [0.3, 0.4) is 0 Å². The molecule has 0 atom stereocenters. The largest absolute Gasteiger partial charge is 0.445 e. The van der Waals surface area contributed by atoms with E-state index in [4.69, 9.17) is 9.84 Å². The van der Waals surface area contributed by atoms with Crippen LogP contribution in [0.4, 0.5) is 4.79 Å². The van der Waals surface area contributed by atoms with Gasteiger partial charge in [0.25, 0.3) is 0 Å². The lowest BCUT2D eigenvalue weighted by Crippen LogP contribution is -2.46. The van der Waals surface area contributed by atoms with Crippen LogP contribution in [0, 0.1) is 5.92 Å². The van der Waals surface area contributed by atoms with E-state index in [0.717, 1.165) is 37.7 Å². The molecule has 4 nitrogen and oxygen atoms in total. The zero-order valence-electron chi connectivity index (χ0n) is 14.3. The predicted molar refractivity (Wildman–Crippen MR) is 91.1 cm³/mol. The summed E-state index contributed by atoms with van der Waals surface area (Å²) in [5.74, 6) is 0.602. The van der Waals surface area contributed by atoms with Gasteiger partial charge in [-0.25, -0.2) is 4.79 Å². The molecule has 0 aliphatic heterocycles. The van der Waals surface area contributed by atoms with Crippen LogP contribution in [-0.4, -0.2) is 34.8 Å². The Labute approximate surface area is 139 Å². The van der Waals surface area contributed by atoms with E-state index >= 15 is 0 Å². The molecule has 23 heavy (non-hydrogen) atoms. The van der Waals surface area contributed by atoms with Crippen molar-refractivity contribution in [3.63, 3.8) is 0 Å². The van der Waals surface area contributed by atoms with Crippen molar-refractivity contribution in [1.82, 2.24) is 4.90 Å². The Kier molecular flexibility index (Phi) is 6.90. The Balaban J connectivity index is 1.89. The molecule has 1 aliphatic carbocycles. The third kappa shape index (κ3) is 5.24. The van der Waals surface area contributed by atoms with Gasteiger partial charge in [0.1, 0.15) is 6.61 Å². The minimum atomic E-state index is -0.213. The van der Waals surface area contributed by atoms with Crippen molar-refractivity contribution in [3.05, 3.63) is 35.9 Å². The Morgan fingerprint density at radius 1 is 1.22 bits per heavy atom. The van der Waals surface area contributed by atoms with Gasteiger partial charge in [0.05, 0.1) is 0 Å². The van der Waals surface area contributed by atoms with Gasteiger partial charge in [0.15, 0.2) is 0 Å². The Morgan fingerprint density at radius 2 is 1.87 bits per heavy atom. The van der Waals surface area contributed by atoms with Gasteiger partial charge in [-0.3, -0.25) is 0 Å².